The summed E-state index contributed by atoms with van der Waals surface area (Å²) in [6, 6.07) is 9.06. The van der Waals surface area contributed by atoms with Gasteiger partial charge in [-0.1, -0.05) is 18.2 Å². The van der Waals surface area contributed by atoms with Crippen molar-refractivity contribution in [3.8, 4) is 0 Å². The third-order valence-electron chi connectivity index (χ3n) is 4.78. The fourth-order valence-electron chi connectivity index (χ4n) is 3.07. The average Bonchev–Trinajstić information content (AvgIpc) is 3.36. The van der Waals surface area contributed by atoms with Crippen LogP contribution in [0.25, 0.3) is 0 Å². The Kier molecular flexibility index (Phi) is 4.16. The van der Waals surface area contributed by atoms with E-state index < -0.39 is 5.54 Å². The van der Waals surface area contributed by atoms with E-state index in [0.717, 1.165) is 38.8 Å². The highest BCUT2D eigenvalue weighted by Gasteiger charge is 2.53. The number of likely N-dealkylation sites (tertiary alicyclic amines) is 1. The fourth-order valence-corrected chi connectivity index (χ4v) is 3.07. The van der Waals surface area contributed by atoms with Gasteiger partial charge in [-0.05, 0) is 50.3 Å². The Hall–Kier alpha value is -1.88. The lowest BCUT2D eigenvalue weighted by atomic mass is 9.96. The van der Waals surface area contributed by atoms with Crippen LogP contribution in [0.2, 0.25) is 0 Å². The molecule has 0 unspecified atom stereocenters. The van der Waals surface area contributed by atoms with E-state index in [-0.39, 0.29) is 11.8 Å². The van der Waals surface area contributed by atoms with Crippen molar-refractivity contribution < 1.29 is 9.59 Å². The van der Waals surface area contributed by atoms with Gasteiger partial charge in [0.15, 0.2) is 0 Å². The van der Waals surface area contributed by atoms with Gasteiger partial charge in [-0.3, -0.25) is 9.59 Å². The van der Waals surface area contributed by atoms with Crippen LogP contribution in [0.15, 0.2) is 30.3 Å². The molecule has 2 aliphatic rings. The van der Waals surface area contributed by atoms with E-state index in [2.05, 4.69) is 5.32 Å². The monoisotopic (exact) mass is 301 g/mol. The summed E-state index contributed by atoms with van der Waals surface area (Å²) in [5.41, 5.74) is 5.63. The van der Waals surface area contributed by atoms with Crippen molar-refractivity contribution in [3.05, 3.63) is 35.9 Å². The van der Waals surface area contributed by atoms with Crippen molar-refractivity contribution in [3.63, 3.8) is 0 Å². The van der Waals surface area contributed by atoms with Crippen LogP contribution in [-0.2, 0) is 4.79 Å². The standard InChI is InChI=1S/C17H23N3O2/c18-12-13-6-10-20(11-7-13)16(22)17(8-9-17)19-15(21)14-4-2-1-3-5-14/h1-5,13H,6-12,18H2,(H,19,21). The average molecular weight is 301 g/mol. The lowest BCUT2D eigenvalue weighted by molar-refractivity contribution is -0.135. The summed E-state index contributed by atoms with van der Waals surface area (Å²) in [4.78, 5) is 26.9. The Balaban J connectivity index is 1.61. The van der Waals surface area contributed by atoms with Crippen LogP contribution in [0.1, 0.15) is 36.0 Å². The number of nitrogens with one attached hydrogen (secondary N) is 1. The Bertz CT molecular complexity index is 546. The molecule has 2 fully saturated rings. The quantitative estimate of drug-likeness (QED) is 0.876. The third-order valence-corrected chi connectivity index (χ3v) is 4.78. The molecule has 22 heavy (non-hydrogen) atoms. The molecule has 3 rings (SSSR count). The molecule has 1 aromatic carbocycles. The minimum Gasteiger partial charge on any atom is -0.341 e. The molecule has 1 aromatic rings. The summed E-state index contributed by atoms with van der Waals surface area (Å²) in [7, 11) is 0. The zero-order chi connectivity index (χ0) is 15.6. The number of amides is 2. The van der Waals surface area contributed by atoms with Crippen molar-refractivity contribution in [1.82, 2.24) is 10.2 Å². The lowest BCUT2D eigenvalue weighted by Gasteiger charge is -2.34. The van der Waals surface area contributed by atoms with E-state index in [4.69, 9.17) is 5.73 Å². The van der Waals surface area contributed by atoms with Gasteiger partial charge >= 0.3 is 0 Å². The van der Waals surface area contributed by atoms with Gasteiger partial charge in [0.1, 0.15) is 5.54 Å². The molecule has 1 saturated carbocycles. The first-order valence-electron chi connectivity index (χ1n) is 8.02. The number of carbonyl (C=O) groups is 2. The van der Waals surface area contributed by atoms with Crippen molar-refractivity contribution in [2.24, 2.45) is 11.7 Å². The summed E-state index contributed by atoms with van der Waals surface area (Å²) < 4.78 is 0. The number of carbonyl (C=O) groups excluding carboxylic acids is 2. The van der Waals surface area contributed by atoms with E-state index in [9.17, 15) is 9.59 Å². The number of benzene rings is 1. The van der Waals surface area contributed by atoms with E-state index >= 15 is 0 Å². The second-order valence-corrected chi connectivity index (χ2v) is 6.37. The zero-order valence-corrected chi connectivity index (χ0v) is 12.8. The molecule has 1 heterocycles. The number of piperidine rings is 1. The maximum Gasteiger partial charge on any atom is 0.252 e. The first-order valence-corrected chi connectivity index (χ1v) is 8.02. The van der Waals surface area contributed by atoms with Gasteiger partial charge in [0, 0.05) is 18.7 Å². The van der Waals surface area contributed by atoms with Crippen molar-refractivity contribution >= 4 is 11.8 Å². The van der Waals surface area contributed by atoms with Crippen LogP contribution < -0.4 is 11.1 Å². The molecule has 118 valence electrons. The van der Waals surface area contributed by atoms with Crippen LogP contribution in [0, 0.1) is 5.92 Å². The van der Waals surface area contributed by atoms with Crippen LogP contribution in [-0.4, -0.2) is 41.9 Å². The molecule has 2 amide bonds. The second-order valence-electron chi connectivity index (χ2n) is 6.37. The molecule has 5 nitrogen and oxygen atoms in total. The van der Waals surface area contributed by atoms with E-state index in [1.807, 2.05) is 23.1 Å². The summed E-state index contributed by atoms with van der Waals surface area (Å²) >= 11 is 0. The number of hydrogen-bond acceptors (Lipinski definition) is 3. The summed E-state index contributed by atoms with van der Waals surface area (Å²) in [6.45, 7) is 2.20. The van der Waals surface area contributed by atoms with Crippen molar-refractivity contribution in [1.29, 1.82) is 0 Å². The molecule has 1 saturated heterocycles. The highest BCUT2D eigenvalue weighted by Crippen LogP contribution is 2.38. The third kappa shape index (κ3) is 2.99. The predicted octanol–water partition coefficient (Wildman–Crippen LogP) is 1.15. The summed E-state index contributed by atoms with van der Waals surface area (Å²) in [5.74, 6) is 0.439. The number of hydrogen-bond donors (Lipinski definition) is 2. The van der Waals surface area contributed by atoms with Crippen LogP contribution in [0.3, 0.4) is 0 Å². The van der Waals surface area contributed by atoms with Crippen LogP contribution in [0.5, 0.6) is 0 Å². The van der Waals surface area contributed by atoms with E-state index in [0.29, 0.717) is 18.0 Å². The van der Waals surface area contributed by atoms with Crippen molar-refractivity contribution in [2.75, 3.05) is 19.6 Å². The maximum absolute atomic E-state index is 12.7. The topological polar surface area (TPSA) is 75.4 Å². The van der Waals surface area contributed by atoms with Crippen molar-refractivity contribution in [2.45, 2.75) is 31.2 Å². The molecular weight excluding hydrogens is 278 g/mol. The van der Waals surface area contributed by atoms with E-state index in [1.165, 1.54) is 0 Å². The number of nitrogens with zero attached hydrogens (tertiary/aromatic N) is 1. The first kappa shape index (κ1) is 15.0. The number of rotatable bonds is 4. The Morgan fingerprint density at radius 3 is 2.36 bits per heavy atom. The second kappa shape index (κ2) is 6.08. The lowest BCUT2D eigenvalue weighted by Crippen LogP contribution is -2.52. The minimum absolute atomic E-state index is 0.0762. The Morgan fingerprint density at radius 1 is 1.18 bits per heavy atom. The maximum atomic E-state index is 12.7. The summed E-state index contributed by atoms with van der Waals surface area (Å²) in [5, 5.41) is 2.95. The highest BCUT2D eigenvalue weighted by atomic mass is 16.2. The van der Waals surface area contributed by atoms with Gasteiger partial charge in [0.25, 0.3) is 5.91 Å². The Morgan fingerprint density at radius 2 is 1.82 bits per heavy atom. The predicted molar refractivity (Wildman–Crippen MR) is 84.2 cm³/mol. The molecule has 1 aliphatic carbocycles. The smallest absolute Gasteiger partial charge is 0.252 e. The van der Waals surface area contributed by atoms with Gasteiger partial charge in [0.05, 0.1) is 0 Å². The highest BCUT2D eigenvalue weighted by molar-refractivity contribution is 6.00. The van der Waals surface area contributed by atoms with Gasteiger partial charge in [0.2, 0.25) is 5.91 Å². The molecular formula is C17H23N3O2. The van der Waals surface area contributed by atoms with Crippen LogP contribution >= 0.6 is 0 Å². The molecule has 3 N–H and O–H groups in total. The Labute approximate surface area is 130 Å². The van der Waals surface area contributed by atoms with Gasteiger partial charge in [-0.2, -0.15) is 0 Å². The minimum atomic E-state index is -0.664. The van der Waals surface area contributed by atoms with E-state index in [1.54, 1.807) is 12.1 Å². The number of nitrogens with two attached hydrogens (primary N) is 1. The molecule has 1 aliphatic heterocycles. The molecule has 0 spiro atoms. The molecule has 0 radical (unpaired) electrons. The van der Waals surface area contributed by atoms with Gasteiger partial charge < -0.3 is 16.0 Å². The molecule has 0 aromatic heterocycles. The van der Waals surface area contributed by atoms with Gasteiger partial charge in [-0.25, -0.2) is 0 Å². The van der Waals surface area contributed by atoms with Gasteiger partial charge in [-0.15, -0.1) is 0 Å². The SMILES string of the molecule is NCC1CCN(C(=O)C2(NC(=O)c3ccccc3)CC2)CC1. The van der Waals surface area contributed by atoms with Crippen LogP contribution in [0.4, 0.5) is 0 Å². The molecule has 0 atom stereocenters. The first-order chi connectivity index (χ1) is 10.6. The summed E-state index contributed by atoms with van der Waals surface area (Å²) in [6.07, 6.45) is 3.40. The normalized spacial score (nSPS) is 20.5. The molecule has 0 bridgehead atoms. The fraction of sp³-hybridized carbons (Fsp3) is 0.529. The molecule has 5 heteroatoms. The zero-order valence-electron chi connectivity index (χ0n) is 12.8. The largest absolute Gasteiger partial charge is 0.341 e.